The number of benzene rings is 1. The molecule has 2 aliphatic heterocycles. The van der Waals surface area contributed by atoms with E-state index in [9.17, 15) is 0 Å². The minimum atomic E-state index is 0.804. The largest absolute Gasteiger partial charge is 0.493 e. The van der Waals surface area contributed by atoms with E-state index in [4.69, 9.17) is 9.47 Å². The van der Waals surface area contributed by atoms with Gasteiger partial charge in [0.2, 0.25) is 0 Å². The van der Waals surface area contributed by atoms with E-state index in [0.29, 0.717) is 0 Å². The van der Waals surface area contributed by atoms with Crippen molar-refractivity contribution in [3.05, 3.63) is 23.8 Å². The maximum atomic E-state index is 5.36. The number of rotatable bonds is 5. The van der Waals surface area contributed by atoms with Crippen molar-refractivity contribution in [1.82, 2.24) is 10.2 Å². The average molecular weight is 276 g/mol. The molecule has 0 amide bonds. The molecule has 1 N–H and O–H groups in total. The molecule has 2 saturated heterocycles. The molecule has 3 rings (SSSR count). The third kappa shape index (κ3) is 2.76. The lowest BCUT2D eigenvalue weighted by Crippen LogP contribution is -2.27. The third-order valence-corrected chi connectivity index (χ3v) is 4.63. The first-order chi connectivity index (χ1) is 9.80. The predicted octanol–water partition coefficient (Wildman–Crippen LogP) is 1.40. The van der Waals surface area contributed by atoms with Gasteiger partial charge in [0.05, 0.1) is 14.2 Å². The minimum Gasteiger partial charge on any atom is -0.493 e. The Bertz CT molecular complexity index is 452. The monoisotopic (exact) mass is 276 g/mol. The van der Waals surface area contributed by atoms with Gasteiger partial charge >= 0.3 is 0 Å². The predicted molar refractivity (Wildman–Crippen MR) is 79.5 cm³/mol. The second-order valence-corrected chi connectivity index (χ2v) is 5.88. The van der Waals surface area contributed by atoms with Gasteiger partial charge in [-0.3, -0.25) is 0 Å². The van der Waals surface area contributed by atoms with Crippen molar-refractivity contribution in [2.75, 3.05) is 46.9 Å². The lowest BCUT2D eigenvalue weighted by atomic mass is 10.0. The fraction of sp³-hybridized carbons (Fsp3) is 0.625. The highest BCUT2D eigenvalue weighted by Crippen LogP contribution is 2.29. The van der Waals surface area contributed by atoms with Crippen molar-refractivity contribution < 1.29 is 9.47 Å². The summed E-state index contributed by atoms with van der Waals surface area (Å²) in [7, 11) is 3.37. The maximum Gasteiger partial charge on any atom is 0.160 e. The summed E-state index contributed by atoms with van der Waals surface area (Å²) in [6.07, 6.45) is 1.08. The van der Waals surface area contributed by atoms with Gasteiger partial charge in [0.1, 0.15) is 0 Å². The van der Waals surface area contributed by atoms with Crippen molar-refractivity contribution in [3.8, 4) is 11.5 Å². The molecule has 2 unspecified atom stereocenters. The summed E-state index contributed by atoms with van der Waals surface area (Å²) in [5, 5.41) is 3.49. The number of ether oxygens (including phenoxy) is 2. The van der Waals surface area contributed by atoms with Gasteiger partial charge in [-0.05, 0) is 49.0 Å². The van der Waals surface area contributed by atoms with Gasteiger partial charge in [0, 0.05) is 19.6 Å². The van der Waals surface area contributed by atoms with Crippen LogP contribution in [0.1, 0.15) is 5.56 Å². The van der Waals surface area contributed by atoms with Crippen LogP contribution in [0, 0.1) is 11.8 Å². The van der Waals surface area contributed by atoms with E-state index >= 15 is 0 Å². The summed E-state index contributed by atoms with van der Waals surface area (Å²) in [5.41, 5.74) is 1.32. The topological polar surface area (TPSA) is 33.7 Å². The minimum absolute atomic E-state index is 0.804. The molecular weight excluding hydrogens is 252 g/mol. The van der Waals surface area contributed by atoms with Crippen LogP contribution in [0.3, 0.4) is 0 Å². The molecule has 1 aromatic carbocycles. The number of hydrogen-bond acceptors (Lipinski definition) is 4. The number of nitrogens with one attached hydrogen (secondary N) is 1. The van der Waals surface area contributed by atoms with Crippen molar-refractivity contribution in [2.45, 2.75) is 6.42 Å². The smallest absolute Gasteiger partial charge is 0.160 e. The van der Waals surface area contributed by atoms with E-state index in [1.807, 2.05) is 6.07 Å². The van der Waals surface area contributed by atoms with Crippen LogP contribution in [-0.4, -0.2) is 51.8 Å². The molecule has 2 atom stereocenters. The number of fused-ring (bicyclic) bond motifs is 1. The van der Waals surface area contributed by atoms with E-state index in [2.05, 4.69) is 22.3 Å². The molecule has 0 saturated carbocycles. The van der Waals surface area contributed by atoms with Gasteiger partial charge in [0.25, 0.3) is 0 Å². The van der Waals surface area contributed by atoms with Crippen LogP contribution in [-0.2, 0) is 6.42 Å². The first kappa shape index (κ1) is 13.7. The van der Waals surface area contributed by atoms with Crippen LogP contribution in [0.15, 0.2) is 18.2 Å². The van der Waals surface area contributed by atoms with Gasteiger partial charge in [-0.2, -0.15) is 0 Å². The quantitative estimate of drug-likeness (QED) is 0.881. The van der Waals surface area contributed by atoms with Gasteiger partial charge in [0.15, 0.2) is 11.5 Å². The van der Waals surface area contributed by atoms with E-state index in [0.717, 1.165) is 36.3 Å². The van der Waals surface area contributed by atoms with Crippen molar-refractivity contribution in [3.63, 3.8) is 0 Å². The number of methoxy groups -OCH3 is 2. The Morgan fingerprint density at radius 2 is 1.80 bits per heavy atom. The molecule has 2 aliphatic rings. The second-order valence-electron chi connectivity index (χ2n) is 5.88. The summed E-state index contributed by atoms with van der Waals surface area (Å²) in [5.74, 6) is 3.38. The summed E-state index contributed by atoms with van der Waals surface area (Å²) in [6, 6.07) is 6.23. The summed E-state index contributed by atoms with van der Waals surface area (Å²) < 4.78 is 10.6. The lowest BCUT2D eigenvalue weighted by molar-refractivity contribution is 0.316. The fourth-order valence-electron chi connectivity index (χ4n) is 3.46. The number of hydrogen-bond donors (Lipinski definition) is 1. The summed E-state index contributed by atoms with van der Waals surface area (Å²) in [6.45, 7) is 6.06. The molecule has 0 aromatic heterocycles. The molecule has 0 aliphatic carbocycles. The first-order valence-corrected chi connectivity index (χ1v) is 7.44. The third-order valence-electron chi connectivity index (χ3n) is 4.63. The van der Waals surface area contributed by atoms with Crippen LogP contribution >= 0.6 is 0 Å². The Balaban J connectivity index is 1.56. The zero-order valence-corrected chi connectivity index (χ0v) is 12.4. The zero-order chi connectivity index (χ0) is 13.9. The lowest BCUT2D eigenvalue weighted by Gasteiger charge is -2.17. The molecule has 0 spiro atoms. The molecule has 4 heteroatoms. The molecular formula is C16H24N2O2. The first-order valence-electron chi connectivity index (χ1n) is 7.44. The Morgan fingerprint density at radius 1 is 1.10 bits per heavy atom. The highest BCUT2D eigenvalue weighted by molar-refractivity contribution is 5.42. The van der Waals surface area contributed by atoms with Crippen LogP contribution < -0.4 is 14.8 Å². The zero-order valence-electron chi connectivity index (χ0n) is 12.4. The van der Waals surface area contributed by atoms with Crippen LogP contribution in [0.25, 0.3) is 0 Å². The molecule has 0 radical (unpaired) electrons. The standard InChI is InChI=1S/C16H24N2O2/c1-19-15-4-3-12(7-16(15)20-2)5-6-18-10-13-8-17-9-14(13)11-18/h3-4,7,13-14,17H,5-6,8-11H2,1-2H3. The molecule has 110 valence electrons. The average Bonchev–Trinajstić information content (AvgIpc) is 3.05. The van der Waals surface area contributed by atoms with Gasteiger partial charge in [-0.1, -0.05) is 6.07 Å². The van der Waals surface area contributed by atoms with Crippen molar-refractivity contribution in [2.24, 2.45) is 11.8 Å². The summed E-state index contributed by atoms with van der Waals surface area (Å²) in [4.78, 5) is 2.60. The Kier molecular flexibility index (Phi) is 4.13. The molecule has 2 fully saturated rings. The van der Waals surface area contributed by atoms with Crippen molar-refractivity contribution in [1.29, 1.82) is 0 Å². The van der Waals surface area contributed by atoms with Crippen molar-refractivity contribution >= 4 is 0 Å². The van der Waals surface area contributed by atoms with E-state index < -0.39 is 0 Å². The molecule has 1 aromatic rings. The van der Waals surface area contributed by atoms with Crippen LogP contribution in [0.4, 0.5) is 0 Å². The number of nitrogens with zero attached hydrogens (tertiary/aromatic N) is 1. The second kappa shape index (κ2) is 6.02. The highest BCUT2D eigenvalue weighted by Gasteiger charge is 2.35. The van der Waals surface area contributed by atoms with E-state index in [-0.39, 0.29) is 0 Å². The fourth-order valence-corrected chi connectivity index (χ4v) is 3.46. The van der Waals surface area contributed by atoms with Crippen LogP contribution in [0.5, 0.6) is 11.5 Å². The van der Waals surface area contributed by atoms with Gasteiger partial charge in [-0.15, -0.1) is 0 Å². The molecule has 4 nitrogen and oxygen atoms in total. The highest BCUT2D eigenvalue weighted by atomic mass is 16.5. The van der Waals surface area contributed by atoms with E-state index in [1.54, 1.807) is 14.2 Å². The van der Waals surface area contributed by atoms with E-state index in [1.165, 1.54) is 31.7 Å². The molecule has 20 heavy (non-hydrogen) atoms. The molecule has 2 heterocycles. The molecule has 0 bridgehead atoms. The van der Waals surface area contributed by atoms with Gasteiger partial charge < -0.3 is 19.7 Å². The van der Waals surface area contributed by atoms with Crippen LogP contribution in [0.2, 0.25) is 0 Å². The Morgan fingerprint density at radius 3 is 2.45 bits per heavy atom. The SMILES string of the molecule is COc1ccc(CCN2CC3CNCC3C2)cc1OC. The summed E-state index contributed by atoms with van der Waals surface area (Å²) >= 11 is 0. The Labute approximate surface area is 121 Å². The Hall–Kier alpha value is -1.26. The normalized spacial score (nSPS) is 25.7. The number of likely N-dealkylation sites (tertiary alicyclic amines) is 1. The van der Waals surface area contributed by atoms with Gasteiger partial charge in [-0.25, -0.2) is 0 Å². The maximum absolute atomic E-state index is 5.36.